The van der Waals surface area contributed by atoms with Crippen molar-refractivity contribution in [1.29, 1.82) is 0 Å². The minimum Gasteiger partial charge on any atom is -0.367 e. The molecule has 2 amide bonds. The zero-order valence-corrected chi connectivity index (χ0v) is 12.9. The third-order valence-corrected chi connectivity index (χ3v) is 3.48. The summed E-state index contributed by atoms with van der Waals surface area (Å²) in [6, 6.07) is 3.94. The Morgan fingerprint density at radius 2 is 1.83 bits per heavy atom. The van der Waals surface area contributed by atoms with Gasteiger partial charge in [0.15, 0.2) is 0 Å². The lowest BCUT2D eigenvalue weighted by atomic mass is 9.89. The Balaban J connectivity index is 3.10. The smallest absolute Gasteiger partial charge is 0.367 e. The van der Waals surface area contributed by atoms with Gasteiger partial charge in [0.05, 0.1) is 5.56 Å². The second-order valence-electron chi connectivity index (χ2n) is 5.63. The van der Waals surface area contributed by atoms with Crippen LogP contribution in [0.25, 0.3) is 0 Å². The van der Waals surface area contributed by atoms with E-state index in [4.69, 9.17) is 11.5 Å². The molecule has 2 unspecified atom stereocenters. The van der Waals surface area contributed by atoms with Gasteiger partial charge in [0.25, 0.3) is 0 Å². The van der Waals surface area contributed by atoms with Gasteiger partial charge in [-0.15, -0.1) is 0 Å². The summed E-state index contributed by atoms with van der Waals surface area (Å²) in [6.45, 7) is 2.99. The highest BCUT2D eigenvalue weighted by atomic mass is 19.4. The number of carbonyl (C=O) groups excluding carboxylic acids is 2. The average Bonchev–Trinajstić information content (AvgIpc) is 2.44. The molecule has 0 bridgehead atoms. The number of hydrogen-bond donors (Lipinski definition) is 3. The predicted octanol–water partition coefficient (Wildman–Crippen LogP) is 1.65. The van der Waals surface area contributed by atoms with Gasteiger partial charge in [-0.2, -0.15) is 13.2 Å². The minimum absolute atomic E-state index is 0.0334. The molecule has 2 atom stereocenters. The molecule has 5 N–H and O–H groups in total. The summed E-state index contributed by atoms with van der Waals surface area (Å²) < 4.78 is 38.4. The Hall–Kier alpha value is -2.09. The van der Waals surface area contributed by atoms with Gasteiger partial charge in [-0.05, 0) is 38.0 Å². The molecule has 23 heavy (non-hydrogen) atoms. The fourth-order valence-corrected chi connectivity index (χ4v) is 1.98. The van der Waals surface area contributed by atoms with E-state index in [-0.39, 0.29) is 18.0 Å². The first-order chi connectivity index (χ1) is 10.5. The Kier molecular flexibility index (Phi) is 5.76. The number of alkyl halides is 3. The van der Waals surface area contributed by atoms with Gasteiger partial charge in [-0.3, -0.25) is 9.59 Å². The van der Waals surface area contributed by atoms with Crippen molar-refractivity contribution in [3.05, 3.63) is 35.4 Å². The molecule has 0 aliphatic heterocycles. The summed E-state index contributed by atoms with van der Waals surface area (Å²) in [5.41, 5.74) is 8.16. The van der Waals surface area contributed by atoms with E-state index in [1.807, 2.05) is 0 Å². The topological polar surface area (TPSA) is 98.2 Å². The number of hydrogen-bond acceptors (Lipinski definition) is 3. The fraction of sp³-hybridized carbons (Fsp3) is 0.467. The highest BCUT2D eigenvalue weighted by Crippen LogP contribution is 2.32. The molecule has 0 spiro atoms. The standard InChI is InChI=1S/C15H20F3N3O2/c1-9(19)6-7-12(22)21-14(2,13(20)23)10-4-3-5-11(8-10)15(16,17)18/h3-5,8-9H,6-7,19H2,1-2H3,(H2,20,23)(H,21,22). The van der Waals surface area contributed by atoms with Crippen LogP contribution in [0.1, 0.15) is 37.8 Å². The summed E-state index contributed by atoms with van der Waals surface area (Å²) in [7, 11) is 0. The summed E-state index contributed by atoms with van der Waals surface area (Å²) in [4.78, 5) is 23.7. The zero-order valence-electron chi connectivity index (χ0n) is 12.9. The van der Waals surface area contributed by atoms with Crippen molar-refractivity contribution in [1.82, 2.24) is 5.32 Å². The molecule has 0 aliphatic carbocycles. The molecule has 0 radical (unpaired) electrons. The number of carbonyl (C=O) groups is 2. The maximum atomic E-state index is 12.8. The maximum Gasteiger partial charge on any atom is 0.416 e. The van der Waals surface area contributed by atoms with Gasteiger partial charge >= 0.3 is 6.18 Å². The van der Waals surface area contributed by atoms with Crippen LogP contribution in [-0.2, 0) is 21.3 Å². The second kappa shape index (κ2) is 6.99. The van der Waals surface area contributed by atoms with Gasteiger partial charge in [0.1, 0.15) is 5.54 Å². The summed E-state index contributed by atoms with van der Waals surface area (Å²) >= 11 is 0. The first kappa shape index (κ1) is 19.0. The Morgan fingerprint density at radius 3 is 2.30 bits per heavy atom. The van der Waals surface area contributed by atoms with Crippen LogP contribution in [0.5, 0.6) is 0 Å². The van der Waals surface area contributed by atoms with Crippen molar-refractivity contribution in [2.24, 2.45) is 11.5 Å². The van der Waals surface area contributed by atoms with Crippen LogP contribution >= 0.6 is 0 Å². The molecule has 0 aliphatic rings. The predicted molar refractivity (Wildman–Crippen MR) is 79.0 cm³/mol. The minimum atomic E-state index is -4.56. The van der Waals surface area contributed by atoms with E-state index < -0.39 is 29.1 Å². The summed E-state index contributed by atoms with van der Waals surface area (Å²) in [5, 5.41) is 2.41. The molecule has 8 heteroatoms. The van der Waals surface area contributed by atoms with E-state index in [2.05, 4.69) is 5.32 Å². The molecular formula is C15H20F3N3O2. The highest BCUT2D eigenvalue weighted by molar-refractivity contribution is 5.91. The lowest BCUT2D eigenvalue weighted by Crippen LogP contribution is -2.53. The van der Waals surface area contributed by atoms with E-state index in [0.29, 0.717) is 6.42 Å². The van der Waals surface area contributed by atoms with Gasteiger partial charge in [0, 0.05) is 12.5 Å². The van der Waals surface area contributed by atoms with Crippen LogP contribution in [0.15, 0.2) is 24.3 Å². The Labute approximate surface area is 132 Å². The van der Waals surface area contributed by atoms with Crippen molar-refractivity contribution in [2.75, 3.05) is 0 Å². The molecule has 0 saturated heterocycles. The molecule has 0 heterocycles. The largest absolute Gasteiger partial charge is 0.416 e. The van der Waals surface area contributed by atoms with Gasteiger partial charge < -0.3 is 16.8 Å². The molecule has 0 aromatic heterocycles. The van der Waals surface area contributed by atoms with Gasteiger partial charge in [0.2, 0.25) is 11.8 Å². The second-order valence-corrected chi connectivity index (χ2v) is 5.63. The number of rotatable bonds is 6. The third kappa shape index (κ3) is 4.95. The average molecular weight is 331 g/mol. The lowest BCUT2D eigenvalue weighted by Gasteiger charge is -2.28. The molecule has 1 rings (SSSR count). The normalized spacial score (nSPS) is 15.6. The van der Waals surface area contributed by atoms with Crippen LogP contribution in [0.4, 0.5) is 13.2 Å². The monoisotopic (exact) mass is 331 g/mol. The van der Waals surface area contributed by atoms with Crippen molar-refractivity contribution < 1.29 is 22.8 Å². The SMILES string of the molecule is CC(N)CCC(=O)NC(C)(C(N)=O)c1cccc(C(F)(F)F)c1. The number of amides is 2. The lowest BCUT2D eigenvalue weighted by molar-refractivity contribution is -0.138. The quantitative estimate of drug-likeness (QED) is 0.739. The number of benzene rings is 1. The first-order valence-electron chi connectivity index (χ1n) is 7.01. The zero-order chi connectivity index (χ0) is 17.8. The van der Waals surface area contributed by atoms with Crippen LogP contribution in [0.3, 0.4) is 0 Å². The van der Waals surface area contributed by atoms with E-state index in [1.165, 1.54) is 13.0 Å². The molecule has 0 fully saturated rings. The molecule has 1 aromatic carbocycles. The maximum absolute atomic E-state index is 12.8. The van der Waals surface area contributed by atoms with Crippen LogP contribution in [0, 0.1) is 0 Å². The first-order valence-corrected chi connectivity index (χ1v) is 7.01. The Bertz CT molecular complexity index is 588. The summed E-state index contributed by atoms with van der Waals surface area (Å²) in [5.74, 6) is -1.47. The van der Waals surface area contributed by atoms with Crippen molar-refractivity contribution >= 4 is 11.8 Å². The highest BCUT2D eigenvalue weighted by Gasteiger charge is 2.37. The van der Waals surface area contributed by atoms with Crippen LogP contribution < -0.4 is 16.8 Å². The van der Waals surface area contributed by atoms with E-state index in [9.17, 15) is 22.8 Å². The third-order valence-electron chi connectivity index (χ3n) is 3.48. The Morgan fingerprint density at radius 1 is 1.26 bits per heavy atom. The molecule has 128 valence electrons. The molecule has 0 saturated carbocycles. The van der Waals surface area contributed by atoms with Crippen LogP contribution in [-0.4, -0.2) is 17.9 Å². The van der Waals surface area contributed by atoms with E-state index >= 15 is 0 Å². The fourth-order valence-electron chi connectivity index (χ4n) is 1.98. The molecule has 5 nitrogen and oxygen atoms in total. The summed E-state index contributed by atoms with van der Waals surface area (Å²) in [6.07, 6.45) is -4.14. The number of halogens is 3. The number of nitrogens with one attached hydrogen (secondary N) is 1. The van der Waals surface area contributed by atoms with Crippen molar-refractivity contribution in [3.63, 3.8) is 0 Å². The van der Waals surface area contributed by atoms with E-state index in [0.717, 1.165) is 18.2 Å². The van der Waals surface area contributed by atoms with Gasteiger partial charge in [-0.25, -0.2) is 0 Å². The number of primary amides is 1. The van der Waals surface area contributed by atoms with Crippen molar-refractivity contribution in [3.8, 4) is 0 Å². The van der Waals surface area contributed by atoms with Crippen LogP contribution in [0.2, 0.25) is 0 Å². The molecule has 1 aromatic rings. The van der Waals surface area contributed by atoms with Gasteiger partial charge in [-0.1, -0.05) is 12.1 Å². The van der Waals surface area contributed by atoms with E-state index in [1.54, 1.807) is 6.92 Å². The number of nitrogens with two attached hydrogens (primary N) is 2. The molecular weight excluding hydrogens is 311 g/mol. The van der Waals surface area contributed by atoms with Crippen molar-refractivity contribution in [2.45, 2.75) is 44.4 Å².